The molecule has 0 saturated carbocycles. The summed E-state index contributed by atoms with van der Waals surface area (Å²) in [6, 6.07) is 5.23. The molecule has 0 amide bonds. The van der Waals surface area contributed by atoms with E-state index in [2.05, 4.69) is 21.1 Å². The molecule has 0 aliphatic heterocycles. The Balaban J connectivity index is 2.57. The van der Waals surface area contributed by atoms with Crippen molar-refractivity contribution in [1.29, 1.82) is 0 Å². The Kier molecular flexibility index (Phi) is 2.74. The van der Waals surface area contributed by atoms with Gasteiger partial charge in [-0.3, -0.25) is 0 Å². The van der Waals surface area contributed by atoms with E-state index in [1.807, 2.05) is 0 Å². The zero-order valence-electron chi connectivity index (χ0n) is 7.28. The topological polar surface area (TPSA) is 60.2 Å². The Hall–Kier alpha value is -0.590. The summed E-state index contributed by atoms with van der Waals surface area (Å²) in [5.74, 6) is -0.335. The minimum atomic E-state index is -3.62. The highest BCUT2D eigenvalue weighted by atomic mass is 79.9. The van der Waals surface area contributed by atoms with Crippen LogP contribution in [0.2, 0.25) is 0 Å². The molecule has 15 heavy (non-hydrogen) atoms. The molecule has 80 valence electrons. The third kappa shape index (κ3) is 2.50. The molecule has 0 fully saturated rings. The van der Waals surface area contributed by atoms with E-state index in [0.29, 0.717) is 16.7 Å². The normalized spacial score (nSPS) is 12.1. The van der Waals surface area contributed by atoms with Crippen LogP contribution < -0.4 is 0 Å². The first-order valence-electron chi connectivity index (χ1n) is 3.92. The van der Waals surface area contributed by atoms with E-state index in [0.717, 1.165) is 4.47 Å². The van der Waals surface area contributed by atoms with Crippen LogP contribution in [0.4, 0.5) is 0 Å². The van der Waals surface area contributed by atoms with Gasteiger partial charge in [-0.15, -0.1) is 0 Å². The zero-order chi connectivity index (χ0) is 11.1. The fraction of sp³-hybridized carbons (Fsp3) is 0.125. The lowest BCUT2D eigenvalue weighted by Gasteiger charge is -1.92. The van der Waals surface area contributed by atoms with E-state index in [1.165, 1.54) is 0 Å². The van der Waals surface area contributed by atoms with Crippen molar-refractivity contribution >= 4 is 46.6 Å². The summed E-state index contributed by atoms with van der Waals surface area (Å²) in [7, 11) is 1.53. The number of halogens is 2. The molecule has 1 aromatic carbocycles. The van der Waals surface area contributed by atoms with Gasteiger partial charge in [0.15, 0.2) is 5.58 Å². The number of benzene rings is 1. The molecular weight excluding hydrogens is 306 g/mol. The molecule has 0 spiro atoms. The molecule has 1 aromatic heterocycles. The Bertz CT molecular complexity index is 607. The Morgan fingerprint density at radius 2 is 2.20 bits per heavy atom. The zero-order valence-corrected chi connectivity index (χ0v) is 10.4. The molecule has 0 radical (unpaired) electrons. The molecule has 7 heteroatoms. The monoisotopic (exact) mass is 309 g/mol. The summed E-state index contributed by atoms with van der Waals surface area (Å²) in [5, 5.41) is 4.31. The van der Waals surface area contributed by atoms with Gasteiger partial charge in [0.25, 0.3) is 0 Å². The summed E-state index contributed by atoms with van der Waals surface area (Å²) < 4.78 is 27.6. The van der Waals surface area contributed by atoms with Gasteiger partial charge in [0.05, 0.1) is 0 Å². The molecular formula is C8H5BrClNO3S. The quantitative estimate of drug-likeness (QED) is 0.800. The highest BCUT2D eigenvalue weighted by Crippen LogP contribution is 2.24. The molecule has 0 N–H and O–H groups in total. The van der Waals surface area contributed by atoms with Crippen molar-refractivity contribution in [3.05, 3.63) is 28.4 Å². The van der Waals surface area contributed by atoms with Crippen LogP contribution in [0.15, 0.2) is 27.2 Å². The number of aromatic nitrogens is 1. The van der Waals surface area contributed by atoms with Crippen LogP contribution in [0.3, 0.4) is 0 Å². The lowest BCUT2D eigenvalue weighted by molar-refractivity contribution is 0.449. The maximum Gasteiger partial charge on any atom is 0.238 e. The fourth-order valence-electron chi connectivity index (χ4n) is 1.23. The first kappa shape index (κ1) is 10.9. The largest absolute Gasteiger partial charge is 0.356 e. The van der Waals surface area contributed by atoms with Crippen LogP contribution in [-0.4, -0.2) is 13.6 Å². The van der Waals surface area contributed by atoms with Gasteiger partial charge < -0.3 is 4.52 Å². The highest BCUT2D eigenvalue weighted by Gasteiger charge is 2.15. The minimum Gasteiger partial charge on any atom is -0.356 e. The van der Waals surface area contributed by atoms with E-state index < -0.39 is 9.05 Å². The number of nitrogens with zero attached hydrogens (tertiary/aromatic N) is 1. The number of hydrogen-bond donors (Lipinski definition) is 0. The average molecular weight is 311 g/mol. The van der Waals surface area contributed by atoms with Crippen LogP contribution in [0.25, 0.3) is 11.0 Å². The minimum absolute atomic E-state index is 0.321. The van der Waals surface area contributed by atoms with E-state index in [1.54, 1.807) is 18.2 Å². The summed E-state index contributed by atoms with van der Waals surface area (Å²) in [6.45, 7) is 0. The average Bonchev–Trinajstić information content (AvgIpc) is 2.46. The van der Waals surface area contributed by atoms with Gasteiger partial charge in [-0.1, -0.05) is 21.1 Å². The number of fused-ring (bicyclic) bond motifs is 1. The van der Waals surface area contributed by atoms with E-state index in [9.17, 15) is 8.42 Å². The van der Waals surface area contributed by atoms with Crippen molar-refractivity contribution < 1.29 is 12.9 Å². The Labute approximate surface area is 98.7 Å². The molecule has 1 heterocycles. The summed E-state index contributed by atoms with van der Waals surface area (Å²) in [6.07, 6.45) is 0. The van der Waals surface area contributed by atoms with Crippen molar-refractivity contribution in [3.63, 3.8) is 0 Å². The molecule has 4 nitrogen and oxygen atoms in total. The highest BCUT2D eigenvalue weighted by molar-refractivity contribution is 9.10. The second-order valence-electron chi connectivity index (χ2n) is 2.95. The van der Waals surface area contributed by atoms with Gasteiger partial charge in [0.1, 0.15) is 11.4 Å². The predicted molar refractivity (Wildman–Crippen MR) is 60.2 cm³/mol. The smallest absolute Gasteiger partial charge is 0.238 e. The van der Waals surface area contributed by atoms with E-state index >= 15 is 0 Å². The second kappa shape index (κ2) is 3.77. The summed E-state index contributed by atoms with van der Waals surface area (Å²) in [4.78, 5) is 0. The van der Waals surface area contributed by atoms with Gasteiger partial charge in [-0.25, -0.2) is 8.42 Å². The third-order valence-electron chi connectivity index (χ3n) is 1.82. The van der Waals surface area contributed by atoms with Crippen molar-refractivity contribution in [1.82, 2.24) is 5.16 Å². The lowest BCUT2D eigenvalue weighted by atomic mass is 10.2. The fourth-order valence-corrected chi connectivity index (χ4v) is 2.43. The van der Waals surface area contributed by atoms with Gasteiger partial charge in [0.2, 0.25) is 9.05 Å². The van der Waals surface area contributed by atoms with Gasteiger partial charge >= 0.3 is 0 Å². The Morgan fingerprint density at radius 3 is 2.87 bits per heavy atom. The van der Waals surface area contributed by atoms with Crippen molar-refractivity contribution in [2.75, 3.05) is 0 Å². The summed E-state index contributed by atoms with van der Waals surface area (Å²) >= 11 is 3.28. The lowest BCUT2D eigenvalue weighted by Crippen LogP contribution is -1.95. The van der Waals surface area contributed by atoms with E-state index in [-0.39, 0.29) is 5.75 Å². The molecule has 0 bridgehead atoms. The van der Waals surface area contributed by atoms with Gasteiger partial charge in [-0.05, 0) is 18.2 Å². The van der Waals surface area contributed by atoms with E-state index in [4.69, 9.17) is 15.2 Å². The maximum absolute atomic E-state index is 10.9. The second-order valence-corrected chi connectivity index (χ2v) is 6.65. The van der Waals surface area contributed by atoms with Crippen LogP contribution in [0.1, 0.15) is 5.69 Å². The third-order valence-corrected chi connectivity index (χ3v) is 3.25. The van der Waals surface area contributed by atoms with Crippen molar-refractivity contribution in [2.24, 2.45) is 0 Å². The van der Waals surface area contributed by atoms with Crippen LogP contribution in [0.5, 0.6) is 0 Å². The van der Waals surface area contributed by atoms with Crippen molar-refractivity contribution in [3.8, 4) is 0 Å². The number of rotatable bonds is 2. The first-order chi connectivity index (χ1) is 6.96. The van der Waals surface area contributed by atoms with Crippen LogP contribution in [0, 0.1) is 0 Å². The molecule has 0 unspecified atom stereocenters. The Morgan fingerprint density at radius 1 is 1.47 bits per heavy atom. The molecule has 0 atom stereocenters. The van der Waals surface area contributed by atoms with Crippen molar-refractivity contribution in [2.45, 2.75) is 5.75 Å². The first-order valence-corrected chi connectivity index (χ1v) is 7.19. The molecule has 2 rings (SSSR count). The van der Waals surface area contributed by atoms with Gasteiger partial charge in [-0.2, -0.15) is 0 Å². The summed E-state index contributed by atoms with van der Waals surface area (Å²) in [5.41, 5.74) is 0.856. The van der Waals surface area contributed by atoms with Crippen LogP contribution in [-0.2, 0) is 14.8 Å². The van der Waals surface area contributed by atoms with Gasteiger partial charge in [0, 0.05) is 20.5 Å². The predicted octanol–water partition coefficient (Wildman–Crippen LogP) is 2.66. The SMILES string of the molecule is O=S(=O)(Cl)Cc1noc2ccc(Br)cc12. The molecule has 0 saturated heterocycles. The molecule has 0 aliphatic rings. The maximum atomic E-state index is 10.9. The van der Waals surface area contributed by atoms with Crippen LogP contribution >= 0.6 is 26.6 Å². The standard InChI is InChI=1S/C8H5BrClNO3S/c9-5-1-2-8-6(3-5)7(11-14-8)4-15(10,12)13/h1-3H,4H2. The number of hydrogen-bond acceptors (Lipinski definition) is 4. The molecule has 0 aliphatic carbocycles. The molecule has 2 aromatic rings.